The number of hydrogen-bond donors (Lipinski definition) is 4. The summed E-state index contributed by atoms with van der Waals surface area (Å²) in [5, 5.41) is 21.3. The van der Waals surface area contributed by atoms with Crippen LogP contribution in [0.2, 0.25) is 0 Å². The molecule has 1 heterocycles. The fourth-order valence-electron chi connectivity index (χ4n) is 4.17. The lowest BCUT2D eigenvalue weighted by atomic mass is 9.90. The smallest absolute Gasteiger partial charge is 0.256 e. The molecule has 224 valence electrons. The Morgan fingerprint density at radius 2 is 1.70 bits per heavy atom. The average Bonchev–Trinajstić information content (AvgIpc) is 3.03. The molecule has 4 rings (SSSR count). The molecule has 0 spiro atoms. The molecule has 1 aliphatic rings. The van der Waals surface area contributed by atoms with Gasteiger partial charge in [-0.15, -0.1) is 0 Å². The third-order valence-corrected chi connectivity index (χ3v) is 6.61. The van der Waals surface area contributed by atoms with Gasteiger partial charge in [-0.25, -0.2) is 0 Å². The Kier molecular flexibility index (Phi) is 9.39. The minimum absolute atomic E-state index is 0.191. The van der Waals surface area contributed by atoms with Crippen LogP contribution in [0.4, 0.5) is 11.4 Å². The van der Waals surface area contributed by atoms with E-state index in [4.69, 9.17) is 24.0 Å². The number of nitrogens with zero attached hydrogens (tertiary/aromatic N) is 1. The normalized spacial score (nSPS) is 15.5. The largest absolute Gasteiger partial charge is 0.497 e. The Bertz CT molecular complexity index is 1550. The van der Waals surface area contributed by atoms with E-state index in [1.165, 1.54) is 28.0 Å². The van der Waals surface area contributed by atoms with Gasteiger partial charge in [0, 0.05) is 37.3 Å². The van der Waals surface area contributed by atoms with Crippen molar-refractivity contribution in [1.29, 1.82) is 5.26 Å². The van der Waals surface area contributed by atoms with E-state index in [9.17, 15) is 14.9 Å². The van der Waals surface area contributed by atoms with Crippen molar-refractivity contribution in [3.8, 4) is 29.1 Å². The molecule has 12 heteroatoms. The number of hydrogen-bond acceptors (Lipinski definition) is 10. The van der Waals surface area contributed by atoms with Crippen molar-refractivity contribution in [2.24, 2.45) is 0 Å². The number of nitrogens with one attached hydrogen (secondary N) is 4. The summed E-state index contributed by atoms with van der Waals surface area (Å²) < 4.78 is 17.4. The van der Waals surface area contributed by atoms with E-state index in [0.717, 1.165) is 5.69 Å². The van der Waals surface area contributed by atoms with Gasteiger partial charge in [-0.3, -0.25) is 9.59 Å². The van der Waals surface area contributed by atoms with Crippen LogP contribution in [0.1, 0.15) is 19.4 Å². The molecule has 0 bridgehead atoms. The lowest BCUT2D eigenvalue weighted by molar-refractivity contribution is -0.272. The molecule has 3 aromatic carbocycles. The molecule has 0 fully saturated rings. The van der Waals surface area contributed by atoms with Crippen LogP contribution in [0.3, 0.4) is 0 Å². The van der Waals surface area contributed by atoms with Gasteiger partial charge < -0.3 is 40.4 Å². The number of anilines is 2. The van der Waals surface area contributed by atoms with Gasteiger partial charge in [0.2, 0.25) is 17.4 Å². The molecule has 4 N–H and O–H groups in total. The molecule has 1 aliphatic heterocycles. The number of likely N-dealkylation sites (N-methyl/N-ethyl adjacent to an activating group) is 1. The van der Waals surface area contributed by atoms with Crippen molar-refractivity contribution >= 4 is 23.2 Å². The minimum atomic E-state index is -1.40. The Labute approximate surface area is 249 Å². The van der Waals surface area contributed by atoms with Gasteiger partial charge >= 0.3 is 0 Å². The van der Waals surface area contributed by atoms with Gasteiger partial charge in [0.25, 0.3) is 5.91 Å². The number of para-hydroxylation sites is 2. The van der Waals surface area contributed by atoms with Gasteiger partial charge in [0.15, 0.2) is 11.4 Å². The van der Waals surface area contributed by atoms with Crippen molar-refractivity contribution in [3.05, 3.63) is 84.1 Å². The highest BCUT2D eigenvalue weighted by Gasteiger charge is 2.42. The van der Waals surface area contributed by atoms with Crippen LogP contribution in [0, 0.1) is 11.3 Å². The predicted octanol–water partition coefficient (Wildman–Crippen LogP) is 4.18. The van der Waals surface area contributed by atoms with E-state index < -0.39 is 17.2 Å². The number of amides is 2. The van der Waals surface area contributed by atoms with Gasteiger partial charge in [-0.2, -0.15) is 10.1 Å². The highest BCUT2D eigenvalue weighted by molar-refractivity contribution is 5.88. The molecule has 2 amide bonds. The summed E-state index contributed by atoms with van der Waals surface area (Å²) in [5.41, 5.74) is -0.246. The van der Waals surface area contributed by atoms with Gasteiger partial charge in [0.05, 0.1) is 13.7 Å². The summed E-state index contributed by atoms with van der Waals surface area (Å²) in [6.45, 7) is 2.83. The summed E-state index contributed by atoms with van der Waals surface area (Å²) in [6, 6.07) is 21.6. The zero-order chi connectivity index (χ0) is 31.0. The molecule has 3 aromatic rings. The van der Waals surface area contributed by atoms with Crippen LogP contribution >= 0.6 is 0 Å². The maximum absolute atomic E-state index is 12.5. The van der Waals surface area contributed by atoms with E-state index in [1.54, 1.807) is 61.8 Å². The lowest BCUT2D eigenvalue weighted by Crippen LogP contribution is -2.47. The second-order valence-corrected chi connectivity index (χ2v) is 9.84. The van der Waals surface area contributed by atoms with E-state index >= 15 is 0 Å². The molecule has 0 saturated carbocycles. The van der Waals surface area contributed by atoms with Crippen LogP contribution in [-0.2, 0) is 24.9 Å². The summed E-state index contributed by atoms with van der Waals surface area (Å²) in [5.74, 6) is 0.802. The van der Waals surface area contributed by atoms with Gasteiger partial charge in [0.1, 0.15) is 23.1 Å². The van der Waals surface area contributed by atoms with Gasteiger partial charge in [-0.1, -0.05) is 12.1 Å². The van der Waals surface area contributed by atoms with Crippen LogP contribution in [0.15, 0.2) is 78.5 Å². The molecule has 0 aliphatic carbocycles. The van der Waals surface area contributed by atoms with Crippen molar-refractivity contribution in [3.63, 3.8) is 0 Å². The molecule has 1 atom stereocenters. The number of benzene rings is 3. The maximum atomic E-state index is 12.5. The first-order valence-electron chi connectivity index (χ1n) is 13.3. The second-order valence-electron chi connectivity index (χ2n) is 9.84. The molecule has 0 aromatic heterocycles. The highest BCUT2D eigenvalue weighted by Crippen LogP contribution is 2.43. The van der Waals surface area contributed by atoms with Crippen LogP contribution in [0.25, 0.3) is 0 Å². The molecule has 12 nitrogen and oxygen atoms in total. The van der Waals surface area contributed by atoms with Crippen molar-refractivity contribution in [1.82, 2.24) is 10.6 Å². The van der Waals surface area contributed by atoms with E-state index in [1.807, 2.05) is 18.2 Å². The fraction of sp³-hybridized carbons (Fsp3) is 0.258. The average molecular weight is 588 g/mol. The molecular formula is C31H33N5O7. The number of carbonyl (C=O) groups excluding carboxylic acids is 2. The Balaban J connectivity index is 1.49. The monoisotopic (exact) mass is 587 g/mol. The molecule has 1 unspecified atom stereocenters. The molecular weight excluding hydrogens is 554 g/mol. The first-order chi connectivity index (χ1) is 20.6. The minimum Gasteiger partial charge on any atom is -0.497 e. The SMILES string of the molecule is CNC(=O)CNC(=O)C(C)(C)OOc1ccccc1Oc1ccc(NC2(OC)C(C#N)=CNc3ccc(OC)cc32)cc1. The summed E-state index contributed by atoms with van der Waals surface area (Å²) in [7, 11) is 4.57. The van der Waals surface area contributed by atoms with Crippen LogP contribution in [0.5, 0.6) is 23.0 Å². The number of fused-ring (bicyclic) bond motifs is 1. The van der Waals surface area contributed by atoms with E-state index in [-0.39, 0.29) is 18.2 Å². The Morgan fingerprint density at radius 1 is 1.00 bits per heavy atom. The first-order valence-corrected chi connectivity index (χ1v) is 13.3. The number of ether oxygens (including phenoxy) is 3. The highest BCUT2D eigenvalue weighted by atomic mass is 17.2. The lowest BCUT2D eigenvalue weighted by Gasteiger charge is -2.38. The maximum Gasteiger partial charge on any atom is 0.256 e. The molecule has 0 radical (unpaired) electrons. The molecule has 0 saturated heterocycles. The first kappa shape index (κ1) is 30.7. The van der Waals surface area contributed by atoms with Crippen LogP contribution in [-0.4, -0.2) is 45.2 Å². The van der Waals surface area contributed by atoms with Crippen molar-refractivity contribution in [2.75, 3.05) is 38.4 Å². The van der Waals surface area contributed by atoms with E-state index in [2.05, 4.69) is 27.3 Å². The zero-order valence-corrected chi connectivity index (χ0v) is 24.4. The number of methoxy groups -OCH3 is 2. The van der Waals surface area contributed by atoms with Crippen molar-refractivity contribution in [2.45, 2.75) is 25.2 Å². The van der Waals surface area contributed by atoms with E-state index in [0.29, 0.717) is 34.1 Å². The topological polar surface area (TPSA) is 152 Å². The fourth-order valence-corrected chi connectivity index (χ4v) is 4.17. The predicted molar refractivity (Wildman–Crippen MR) is 158 cm³/mol. The second kappa shape index (κ2) is 13.2. The summed E-state index contributed by atoms with van der Waals surface area (Å²) >= 11 is 0. The summed E-state index contributed by atoms with van der Waals surface area (Å²) in [4.78, 5) is 34.8. The number of rotatable bonds is 12. The molecule has 43 heavy (non-hydrogen) atoms. The standard InChI is InChI=1S/C31H33N5O7/c1-30(2,29(38)35-19-28(37)33-3)43-42-27-9-7-6-8-26(27)41-22-12-10-21(11-13-22)36-31(40-5)20(17-32)18-34-25-15-14-23(39-4)16-24(25)31/h6-16,18,34,36H,19H2,1-5H3,(H,33,37)(H,35,38). The third-order valence-electron chi connectivity index (χ3n) is 6.61. The third kappa shape index (κ3) is 6.81. The Hall–Kier alpha value is -5.25. The number of carbonyl (C=O) groups is 2. The van der Waals surface area contributed by atoms with Crippen molar-refractivity contribution < 1.29 is 33.6 Å². The number of nitriles is 1. The van der Waals surface area contributed by atoms with Crippen LogP contribution < -0.4 is 35.6 Å². The zero-order valence-electron chi connectivity index (χ0n) is 24.4. The Morgan fingerprint density at radius 3 is 2.35 bits per heavy atom. The quantitative estimate of drug-likeness (QED) is 0.138. The summed E-state index contributed by atoms with van der Waals surface area (Å²) in [6.07, 6.45) is 1.61. The van der Waals surface area contributed by atoms with Gasteiger partial charge in [-0.05, 0) is 68.4 Å².